The van der Waals surface area contributed by atoms with E-state index < -0.39 is 22.0 Å². The molecule has 1 atom stereocenters. The maximum absolute atomic E-state index is 12.3. The van der Waals surface area contributed by atoms with E-state index in [2.05, 4.69) is 0 Å². The van der Waals surface area contributed by atoms with E-state index in [1.165, 1.54) is 32.4 Å². The predicted molar refractivity (Wildman–Crippen MR) is 84.5 cm³/mol. The van der Waals surface area contributed by atoms with Gasteiger partial charge in [0.05, 0.1) is 12.0 Å². The zero-order chi connectivity index (χ0) is 16.9. The number of carbonyl (C=O) groups is 1. The van der Waals surface area contributed by atoms with Crippen molar-refractivity contribution in [3.63, 3.8) is 0 Å². The number of rotatable bonds is 6. The van der Waals surface area contributed by atoms with Gasteiger partial charge in [-0.15, -0.1) is 0 Å². The van der Waals surface area contributed by atoms with Crippen molar-refractivity contribution in [1.29, 1.82) is 0 Å². The molecule has 0 unspecified atom stereocenters. The average Bonchev–Trinajstić information content (AvgIpc) is 2.56. The topological polar surface area (TPSA) is 81.7 Å². The second-order valence-electron chi connectivity index (χ2n) is 4.68. The Hall–Kier alpha value is -2.38. The highest BCUT2D eigenvalue weighted by molar-refractivity contribution is 7.90. The first kappa shape index (κ1) is 17.0. The number of carbonyl (C=O) groups excluding carboxylic acids is 1. The molecule has 23 heavy (non-hydrogen) atoms. The van der Waals surface area contributed by atoms with Crippen molar-refractivity contribution in [2.75, 3.05) is 14.2 Å². The monoisotopic (exact) mass is 335 g/mol. The molecule has 0 spiro atoms. The van der Waals surface area contributed by atoms with Crippen LogP contribution in [0.2, 0.25) is 0 Å². The summed E-state index contributed by atoms with van der Waals surface area (Å²) in [6, 6.07) is 14.5. The van der Waals surface area contributed by atoms with Crippen LogP contribution in [-0.4, -0.2) is 28.5 Å². The molecule has 1 N–H and O–H groups in total. The first-order valence-electron chi connectivity index (χ1n) is 6.76. The van der Waals surface area contributed by atoms with Gasteiger partial charge in [-0.25, -0.2) is 13.1 Å². The summed E-state index contributed by atoms with van der Waals surface area (Å²) in [6.45, 7) is 0. The predicted octanol–water partition coefficient (Wildman–Crippen LogP) is 1.89. The molecule has 0 fully saturated rings. The summed E-state index contributed by atoms with van der Waals surface area (Å²) >= 11 is 0. The zero-order valence-corrected chi connectivity index (χ0v) is 13.5. The molecule has 0 saturated carbocycles. The van der Waals surface area contributed by atoms with Crippen molar-refractivity contribution in [3.05, 3.63) is 60.2 Å². The Bertz CT molecular complexity index is 774. The van der Waals surface area contributed by atoms with Crippen molar-refractivity contribution in [2.24, 2.45) is 0 Å². The molecular weight excluding hydrogens is 318 g/mol. The number of amides is 1. The van der Waals surface area contributed by atoms with Gasteiger partial charge in [0.1, 0.15) is 5.75 Å². The first-order chi connectivity index (χ1) is 11.0. The molecule has 0 saturated heterocycles. The van der Waals surface area contributed by atoms with E-state index in [0.29, 0.717) is 11.3 Å². The summed E-state index contributed by atoms with van der Waals surface area (Å²) in [4.78, 5) is 12.2. The normalized spacial score (nSPS) is 12.4. The fraction of sp³-hybridized carbons (Fsp3) is 0.188. The SMILES string of the molecule is COc1cccc(S(=O)(=O)NC(=O)[C@H](OC)c2ccccc2)c1. The van der Waals surface area contributed by atoms with Crippen LogP contribution >= 0.6 is 0 Å². The van der Waals surface area contributed by atoms with Crippen molar-refractivity contribution in [2.45, 2.75) is 11.0 Å². The number of nitrogens with one attached hydrogen (secondary N) is 1. The highest BCUT2D eigenvalue weighted by atomic mass is 32.2. The fourth-order valence-corrected chi connectivity index (χ4v) is 3.05. The average molecular weight is 335 g/mol. The molecule has 2 aromatic carbocycles. The third-order valence-corrected chi connectivity index (χ3v) is 4.51. The third kappa shape index (κ3) is 4.08. The standard InChI is InChI=1S/C16H17NO5S/c1-21-13-9-6-10-14(11-13)23(19,20)17-16(18)15(22-2)12-7-4-3-5-8-12/h3-11,15H,1-2H3,(H,17,18)/t15-/m1/s1. The van der Waals surface area contributed by atoms with Gasteiger partial charge in [-0.2, -0.15) is 0 Å². The fourth-order valence-electron chi connectivity index (χ4n) is 2.04. The van der Waals surface area contributed by atoms with Crippen molar-refractivity contribution in [1.82, 2.24) is 4.72 Å². The molecule has 1 amide bonds. The van der Waals surface area contributed by atoms with Gasteiger partial charge in [0, 0.05) is 13.2 Å². The van der Waals surface area contributed by atoms with Crippen LogP contribution in [0.3, 0.4) is 0 Å². The minimum absolute atomic E-state index is 0.0619. The Labute approximate surface area is 135 Å². The number of benzene rings is 2. The molecule has 7 heteroatoms. The van der Waals surface area contributed by atoms with Crippen LogP contribution in [0.1, 0.15) is 11.7 Å². The summed E-state index contributed by atoms with van der Waals surface area (Å²) in [5.74, 6) is -0.381. The lowest BCUT2D eigenvalue weighted by atomic mass is 10.1. The quantitative estimate of drug-likeness (QED) is 0.872. The maximum atomic E-state index is 12.3. The van der Waals surface area contributed by atoms with Crippen molar-refractivity contribution >= 4 is 15.9 Å². The molecule has 0 heterocycles. The third-order valence-electron chi connectivity index (χ3n) is 3.16. The van der Waals surface area contributed by atoms with Crippen LogP contribution in [0.15, 0.2) is 59.5 Å². The van der Waals surface area contributed by atoms with Crippen LogP contribution in [0.5, 0.6) is 5.75 Å². The van der Waals surface area contributed by atoms with E-state index in [0.717, 1.165) is 0 Å². The van der Waals surface area contributed by atoms with Crippen molar-refractivity contribution < 1.29 is 22.7 Å². The van der Waals surface area contributed by atoms with Crippen LogP contribution in [-0.2, 0) is 19.6 Å². The lowest BCUT2D eigenvalue weighted by molar-refractivity contribution is -0.129. The van der Waals surface area contributed by atoms with E-state index in [-0.39, 0.29) is 4.90 Å². The second-order valence-corrected chi connectivity index (χ2v) is 6.36. The summed E-state index contributed by atoms with van der Waals surface area (Å²) in [6.07, 6.45) is -1.02. The lowest BCUT2D eigenvalue weighted by Gasteiger charge is -2.16. The lowest BCUT2D eigenvalue weighted by Crippen LogP contribution is -2.35. The van der Waals surface area contributed by atoms with Gasteiger partial charge < -0.3 is 9.47 Å². The number of ether oxygens (including phenoxy) is 2. The minimum atomic E-state index is -4.01. The van der Waals surface area contributed by atoms with Gasteiger partial charge in [-0.3, -0.25) is 4.79 Å². The molecule has 0 aliphatic rings. The molecule has 0 bridgehead atoms. The van der Waals surface area contributed by atoms with Gasteiger partial charge in [0.2, 0.25) is 0 Å². The van der Waals surface area contributed by atoms with Crippen LogP contribution in [0.25, 0.3) is 0 Å². The molecule has 2 aromatic rings. The van der Waals surface area contributed by atoms with Crippen LogP contribution < -0.4 is 9.46 Å². The summed E-state index contributed by atoms with van der Waals surface area (Å²) in [7, 11) is -1.24. The molecule has 2 rings (SSSR count). The zero-order valence-electron chi connectivity index (χ0n) is 12.7. The van der Waals surface area contributed by atoms with Crippen LogP contribution in [0, 0.1) is 0 Å². The first-order valence-corrected chi connectivity index (χ1v) is 8.24. The summed E-state index contributed by atoms with van der Waals surface area (Å²) in [5.41, 5.74) is 0.563. The van der Waals surface area contributed by atoms with Gasteiger partial charge in [-0.05, 0) is 17.7 Å². The summed E-state index contributed by atoms with van der Waals surface area (Å²) < 4.78 is 36.8. The minimum Gasteiger partial charge on any atom is -0.497 e. The van der Waals surface area contributed by atoms with Gasteiger partial charge in [-0.1, -0.05) is 36.4 Å². The Morgan fingerprint density at radius 2 is 1.74 bits per heavy atom. The highest BCUT2D eigenvalue weighted by Gasteiger charge is 2.26. The molecule has 0 aliphatic heterocycles. The van der Waals surface area contributed by atoms with Gasteiger partial charge in [0.15, 0.2) is 6.10 Å². The maximum Gasteiger partial charge on any atom is 0.267 e. The second kappa shape index (κ2) is 7.26. The van der Waals surface area contributed by atoms with Gasteiger partial charge in [0.25, 0.3) is 15.9 Å². The van der Waals surface area contributed by atoms with E-state index in [9.17, 15) is 13.2 Å². The van der Waals surface area contributed by atoms with E-state index in [4.69, 9.17) is 9.47 Å². The van der Waals surface area contributed by atoms with Crippen molar-refractivity contribution in [3.8, 4) is 5.75 Å². The summed E-state index contributed by atoms with van der Waals surface area (Å²) in [5, 5.41) is 0. The van der Waals surface area contributed by atoms with Crippen LogP contribution in [0.4, 0.5) is 0 Å². The Morgan fingerprint density at radius 1 is 1.04 bits per heavy atom. The number of sulfonamides is 1. The number of hydrogen-bond donors (Lipinski definition) is 1. The number of methoxy groups -OCH3 is 2. The molecule has 122 valence electrons. The largest absolute Gasteiger partial charge is 0.497 e. The molecule has 0 aromatic heterocycles. The smallest absolute Gasteiger partial charge is 0.267 e. The van der Waals surface area contributed by atoms with E-state index in [1.807, 2.05) is 4.72 Å². The molecular formula is C16H17NO5S. The molecule has 0 radical (unpaired) electrons. The van der Waals surface area contributed by atoms with Gasteiger partial charge >= 0.3 is 0 Å². The van der Waals surface area contributed by atoms with E-state index in [1.54, 1.807) is 36.4 Å². The van der Waals surface area contributed by atoms with E-state index >= 15 is 0 Å². The number of hydrogen-bond acceptors (Lipinski definition) is 5. The Balaban J connectivity index is 2.23. The molecule has 6 nitrogen and oxygen atoms in total. The molecule has 0 aliphatic carbocycles. The Kier molecular flexibility index (Phi) is 5.36. The highest BCUT2D eigenvalue weighted by Crippen LogP contribution is 2.20. The Morgan fingerprint density at radius 3 is 2.35 bits per heavy atom.